The molecule has 4 N–H and O–H groups in total. The van der Waals surface area contributed by atoms with Gasteiger partial charge < -0.3 is 20.9 Å². The lowest BCUT2D eigenvalue weighted by Gasteiger charge is -2.19. The Labute approximate surface area is 137 Å². The summed E-state index contributed by atoms with van der Waals surface area (Å²) in [6.45, 7) is 2.25. The lowest BCUT2D eigenvalue weighted by atomic mass is 10.1. The van der Waals surface area contributed by atoms with Crippen LogP contribution in [0.2, 0.25) is 0 Å². The van der Waals surface area contributed by atoms with Crippen molar-refractivity contribution in [3.63, 3.8) is 0 Å². The fourth-order valence-corrected chi connectivity index (χ4v) is 2.35. The second-order valence-corrected chi connectivity index (χ2v) is 4.96. The normalized spacial score (nSPS) is 11.8. The number of aliphatic hydroxyl groups excluding tert-OH is 1. The molecule has 1 aromatic heterocycles. The van der Waals surface area contributed by atoms with Crippen molar-refractivity contribution in [3.8, 4) is 5.75 Å². The van der Waals surface area contributed by atoms with Crippen LogP contribution in [0.1, 0.15) is 26.2 Å². The molecule has 122 valence electrons. The Kier molecular flexibility index (Phi) is 7.20. The smallest absolute Gasteiger partial charge is 0.222 e. The number of anilines is 2. The molecule has 1 atom stereocenters. The first-order valence-corrected chi connectivity index (χ1v) is 7.16. The van der Waals surface area contributed by atoms with Gasteiger partial charge in [0, 0.05) is 18.0 Å². The first kappa shape index (κ1) is 18.3. The zero-order valence-electron chi connectivity index (χ0n) is 13.0. The summed E-state index contributed by atoms with van der Waals surface area (Å²) in [7, 11) is 1.62. The highest BCUT2D eigenvalue weighted by Gasteiger charge is 2.12. The van der Waals surface area contributed by atoms with Gasteiger partial charge in [0.25, 0.3) is 0 Å². The summed E-state index contributed by atoms with van der Waals surface area (Å²) in [6, 6.07) is 5.75. The van der Waals surface area contributed by atoms with Gasteiger partial charge in [-0.2, -0.15) is 18.5 Å². The standard InChI is InChI=1S/C15H22N4O2.H2S/c1-3-4-10(7-8-20)17-14-12-9-11(21-2)5-6-13(12)18-15(16)19-14;/h5-6,9-10,20H,3-4,7-8H2,1-2H3,(H3,16,17,18,19);1H2/t10-;/m0./s1. The van der Waals surface area contributed by atoms with E-state index in [1.54, 1.807) is 7.11 Å². The van der Waals surface area contributed by atoms with E-state index in [9.17, 15) is 5.11 Å². The number of aliphatic hydroxyl groups is 1. The molecule has 1 aromatic carbocycles. The Bertz CT molecular complexity index is 603. The number of hydrogen-bond donors (Lipinski definition) is 3. The van der Waals surface area contributed by atoms with E-state index in [1.807, 2.05) is 18.2 Å². The van der Waals surface area contributed by atoms with E-state index in [0.29, 0.717) is 12.2 Å². The van der Waals surface area contributed by atoms with Crippen LogP contribution in [0.3, 0.4) is 0 Å². The lowest BCUT2D eigenvalue weighted by molar-refractivity contribution is 0.276. The van der Waals surface area contributed by atoms with Crippen LogP contribution in [0.15, 0.2) is 18.2 Å². The molecule has 0 aliphatic rings. The van der Waals surface area contributed by atoms with E-state index in [2.05, 4.69) is 22.2 Å². The number of aromatic nitrogens is 2. The number of benzene rings is 1. The van der Waals surface area contributed by atoms with Crippen molar-refractivity contribution < 1.29 is 9.84 Å². The number of rotatable bonds is 7. The molecule has 0 bridgehead atoms. The van der Waals surface area contributed by atoms with E-state index in [0.717, 1.165) is 29.5 Å². The minimum atomic E-state index is 0. The van der Waals surface area contributed by atoms with Crippen LogP contribution < -0.4 is 15.8 Å². The molecule has 0 unspecified atom stereocenters. The van der Waals surface area contributed by atoms with Crippen LogP contribution in [-0.4, -0.2) is 34.8 Å². The monoisotopic (exact) mass is 324 g/mol. The van der Waals surface area contributed by atoms with Crippen LogP contribution in [0, 0.1) is 0 Å². The quantitative estimate of drug-likeness (QED) is 0.723. The molecule has 0 aliphatic carbocycles. The average Bonchev–Trinajstić information content (AvgIpc) is 2.47. The Morgan fingerprint density at radius 3 is 2.73 bits per heavy atom. The molecule has 1 heterocycles. The first-order valence-electron chi connectivity index (χ1n) is 7.16. The minimum Gasteiger partial charge on any atom is -0.497 e. The van der Waals surface area contributed by atoms with Crippen LogP contribution in [-0.2, 0) is 0 Å². The maximum absolute atomic E-state index is 9.17. The van der Waals surface area contributed by atoms with Gasteiger partial charge >= 0.3 is 0 Å². The summed E-state index contributed by atoms with van der Waals surface area (Å²) in [6.07, 6.45) is 2.65. The fourth-order valence-electron chi connectivity index (χ4n) is 2.35. The van der Waals surface area contributed by atoms with Crippen LogP contribution >= 0.6 is 13.5 Å². The Morgan fingerprint density at radius 2 is 2.09 bits per heavy atom. The van der Waals surface area contributed by atoms with Crippen LogP contribution in [0.5, 0.6) is 5.75 Å². The molecule has 7 heteroatoms. The maximum Gasteiger partial charge on any atom is 0.222 e. The second kappa shape index (κ2) is 8.65. The topological polar surface area (TPSA) is 93.3 Å². The third-order valence-corrected chi connectivity index (χ3v) is 3.38. The Hall–Kier alpha value is -1.73. The van der Waals surface area contributed by atoms with E-state index in [4.69, 9.17) is 10.5 Å². The van der Waals surface area contributed by atoms with Crippen molar-refractivity contribution in [2.45, 2.75) is 32.2 Å². The van der Waals surface area contributed by atoms with Crippen molar-refractivity contribution in [3.05, 3.63) is 18.2 Å². The minimum absolute atomic E-state index is 0. The SMILES string of the molecule is CCC[C@@H](CCO)Nc1nc(N)nc2ccc(OC)cc12.S. The fraction of sp³-hybridized carbons (Fsp3) is 0.467. The zero-order valence-corrected chi connectivity index (χ0v) is 14.0. The number of nitrogens with one attached hydrogen (secondary N) is 1. The van der Waals surface area contributed by atoms with Crippen molar-refractivity contribution in [1.82, 2.24) is 9.97 Å². The van der Waals surface area contributed by atoms with Crippen LogP contribution in [0.4, 0.5) is 11.8 Å². The van der Waals surface area contributed by atoms with Crippen molar-refractivity contribution in [2.24, 2.45) is 0 Å². The summed E-state index contributed by atoms with van der Waals surface area (Å²) in [5.41, 5.74) is 6.54. The lowest BCUT2D eigenvalue weighted by Crippen LogP contribution is -2.22. The van der Waals surface area contributed by atoms with Crippen molar-refractivity contribution >= 4 is 36.2 Å². The highest BCUT2D eigenvalue weighted by Crippen LogP contribution is 2.26. The number of nitrogens with two attached hydrogens (primary N) is 1. The van der Waals surface area contributed by atoms with E-state index >= 15 is 0 Å². The number of ether oxygens (including phenoxy) is 1. The molecule has 0 aliphatic heterocycles. The zero-order chi connectivity index (χ0) is 15.2. The van der Waals surface area contributed by atoms with Gasteiger partial charge in [-0.15, -0.1) is 0 Å². The molecule has 0 saturated heterocycles. The van der Waals surface area contributed by atoms with Gasteiger partial charge in [-0.25, -0.2) is 4.98 Å². The van der Waals surface area contributed by atoms with E-state index in [1.165, 1.54) is 0 Å². The van der Waals surface area contributed by atoms with Gasteiger partial charge in [-0.05, 0) is 31.0 Å². The molecule has 22 heavy (non-hydrogen) atoms. The summed E-state index contributed by atoms with van der Waals surface area (Å²) < 4.78 is 5.25. The van der Waals surface area contributed by atoms with Crippen molar-refractivity contribution in [1.29, 1.82) is 0 Å². The molecule has 0 saturated carbocycles. The van der Waals surface area contributed by atoms with E-state index < -0.39 is 0 Å². The molecule has 0 fully saturated rings. The first-order chi connectivity index (χ1) is 10.2. The number of hydrogen-bond acceptors (Lipinski definition) is 6. The third-order valence-electron chi connectivity index (χ3n) is 3.38. The number of nitrogens with zero attached hydrogens (tertiary/aromatic N) is 2. The molecule has 0 spiro atoms. The Balaban J connectivity index is 0.00000242. The van der Waals surface area contributed by atoms with E-state index in [-0.39, 0.29) is 32.1 Å². The van der Waals surface area contributed by atoms with Gasteiger partial charge in [0.1, 0.15) is 11.6 Å². The maximum atomic E-state index is 9.17. The van der Waals surface area contributed by atoms with Gasteiger partial charge in [0.2, 0.25) is 5.95 Å². The molecule has 2 rings (SSSR count). The van der Waals surface area contributed by atoms with Gasteiger partial charge in [0.05, 0.1) is 12.6 Å². The predicted octanol–water partition coefficient (Wildman–Crippen LogP) is 2.30. The molecule has 2 aromatic rings. The predicted molar refractivity (Wildman–Crippen MR) is 94.9 cm³/mol. The van der Waals surface area contributed by atoms with Gasteiger partial charge in [-0.3, -0.25) is 0 Å². The number of methoxy groups -OCH3 is 1. The number of fused-ring (bicyclic) bond motifs is 1. The van der Waals surface area contributed by atoms with Crippen molar-refractivity contribution in [2.75, 3.05) is 24.8 Å². The second-order valence-electron chi connectivity index (χ2n) is 4.96. The summed E-state index contributed by atoms with van der Waals surface area (Å²) in [5.74, 6) is 1.66. The molecular formula is C15H24N4O2S. The molecule has 6 nitrogen and oxygen atoms in total. The average molecular weight is 324 g/mol. The third kappa shape index (κ3) is 4.38. The summed E-state index contributed by atoms with van der Waals surface area (Å²) >= 11 is 0. The van der Waals surface area contributed by atoms with Gasteiger partial charge in [0.15, 0.2) is 0 Å². The molecule has 0 amide bonds. The highest BCUT2D eigenvalue weighted by atomic mass is 32.1. The number of nitrogen functional groups attached to an aromatic ring is 1. The Morgan fingerprint density at radius 1 is 1.32 bits per heavy atom. The van der Waals surface area contributed by atoms with Gasteiger partial charge in [-0.1, -0.05) is 13.3 Å². The molecule has 0 radical (unpaired) electrons. The summed E-state index contributed by atoms with van der Waals surface area (Å²) in [5, 5.41) is 13.4. The largest absolute Gasteiger partial charge is 0.497 e. The summed E-state index contributed by atoms with van der Waals surface area (Å²) in [4.78, 5) is 8.53. The molecular weight excluding hydrogens is 300 g/mol. The highest BCUT2D eigenvalue weighted by molar-refractivity contribution is 7.59. The van der Waals surface area contributed by atoms with Crippen LogP contribution in [0.25, 0.3) is 10.9 Å².